The fourth-order valence-electron chi connectivity index (χ4n) is 2.08. The number of hydrogen-bond acceptors (Lipinski definition) is 3. The Balaban J connectivity index is 1.78. The van der Waals surface area contributed by atoms with Crippen molar-refractivity contribution >= 4 is 5.91 Å². The standard InChI is InChI=1S/C18H20FNO3/c1-13(12-23-16-9-7-15(22-2)8-10-16)20-18(21)11-14-5-3-4-6-17(14)19/h3-10,13H,11-12H2,1-2H3,(H,20,21)/t13-/m1/s1. The lowest BCUT2D eigenvalue weighted by molar-refractivity contribution is -0.121. The zero-order valence-corrected chi connectivity index (χ0v) is 13.2. The molecular weight excluding hydrogens is 297 g/mol. The molecule has 0 bridgehead atoms. The van der Waals surface area contributed by atoms with Gasteiger partial charge in [0.2, 0.25) is 5.91 Å². The predicted octanol–water partition coefficient (Wildman–Crippen LogP) is 2.96. The molecule has 0 aromatic heterocycles. The lowest BCUT2D eigenvalue weighted by Crippen LogP contribution is -2.37. The van der Waals surface area contributed by atoms with E-state index in [4.69, 9.17) is 9.47 Å². The first-order valence-electron chi connectivity index (χ1n) is 7.38. The molecule has 0 aliphatic rings. The van der Waals surface area contributed by atoms with E-state index in [2.05, 4.69) is 5.32 Å². The van der Waals surface area contributed by atoms with Gasteiger partial charge in [-0.15, -0.1) is 0 Å². The summed E-state index contributed by atoms with van der Waals surface area (Å²) in [6.07, 6.45) is 0.0134. The maximum absolute atomic E-state index is 13.5. The van der Waals surface area contributed by atoms with E-state index in [9.17, 15) is 9.18 Å². The Labute approximate surface area is 135 Å². The topological polar surface area (TPSA) is 47.6 Å². The molecule has 0 heterocycles. The minimum absolute atomic E-state index is 0.0134. The molecule has 0 fully saturated rings. The number of carbonyl (C=O) groups is 1. The molecule has 1 amide bonds. The highest BCUT2D eigenvalue weighted by Gasteiger charge is 2.11. The summed E-state index contributed by atoms with van der Waals surface area (Å²) in [7, 11) is 1.60. The van der Waals surface area contributed by atoms with E-state index in [1.54, 1.807) is 49.6 Å². The number of ether oxygens (including phenoxy) is 2. The minimum Gasteiger partial charge on any atom is -0.497 e. The fraction of sp³-hybridized carbons (Fsp3) is 0.278. The van der Waals surface area contributed by atoms with Crippen molar-refractivity contribution in [2.45, 2.75) is 19.4 Å². The van der Waals surface area contributed by atoms with E-state index in [0.717, 1.165) is 5.75 Å². The number of hydrogen-bond donors (Lipinski definition) is 1. The molecular formula is C18H20FNO3. The van der Waals surface area contributed by atoms with Crippen LogP contribution in [0.2, 0.25) is 0 Å². The van der Waals surface area contributed by atoms with E-state index in [-0.39, 0.29) is 24.2 Å². The van der Waals surface area contributed by atoms with Gasteiger partial charge in [-0.2, -0.15) is 0 Å². The first-order chi connectivity index (χ1) is 11.1. The van der Waals surface area contributed by atoms with Gasteiger partial charge in [0.25, 0.3) is 0 Å². The van der Waals surface area contributed by atoms with Crippen molar-refractivity contribution in [3.05, 3.63) is 59.9 Å². The summed E-state index contributed by atoms with van der Waals surface area (Å²) in [5.41, 5.74) is 0.383. The van der Waals surface area contributed by atoms with Crippen LogP contribution in [-0.4, -0.2) is 25.7 Å². The van der Waals surface area contributed by atoms with E-state index in [1.165, 1.54) is 6.07 Å². The first kappa shape index (κ1) is 16.8. The number of nitrogens with one attached hydrogen (secondary N) is 1. The van der Waals surface area contributed by atoms with Gasteiger partial charge in [-0.05, 0) is 42.8 Å². The molecule has 0 aliphatic heterocycles. The van der Waals surface area contributed by atoms with Gasteiger partial charge in [-0.3, -0.25) is 4.79 Å². The Morgan fingerprint density at radius 3 is 2.43 bits per heavy atom. The van der Waals surface area contributed by atoms with Crippen LogP contribution in [-0.2, 0) is 11.2 Å². The third kappa shape index (κ3) is 5.29. The van der Waals surface area contributed by atoms with Crippen LogP contribution in [0.1, 0.15) is 12.5 Å². The second-order valence-corrected chi connectivity index (χ2v) is 5.22. The lowest BCUT2D eigenvalue weighted by atomic mass is 10.1. The normalized spacial score (nSPS) is 11.6. The third-order valence-corrected chi connectivity index (χ3v) is 3.28. The van der Waals surface area contributed by atoms with Crippen molar-refractivity contribution < 1.29 is 18.7 Å². The van der Waals surface area contributed by atoms with Crippen LogP contribution < -0.4 is 14.8 Å². The Morgan fingerprint density at radius 2 is 1.78 bits per heavy atom. The van der Waals surface area contributed by atoms with Crippen LogP contribution in [0.5, 0.6) is 11.5 Å². The second kappa shape index (κ2) is 8.17. The number of methoxy groups -OCH3 is 1. The van der Waals surface area contributed by atoms with E-state index >= 15 is 0 Å². The van der Waals surface area contributed by atoms with Crippen molar-refractivity contribution in [1.82, 2.24) is 5.32 Å². The van der Waals surface area contributed by atoms with Gasteiger partial charge in [-0.25, -0.2) is 4.39 Å². The smallest absolute Gasteiger partial charge is 0.224 e. The van der Waals surface area contributed by atoms with Gasteiger partial charge < -0.3 is 14.8 Å². The zero-order chi connectivity index (χ0) is 16.7. The fourth-order valence-corrected chi connectivity index (χ4v) is 2.08. The molecule has 0 aliphatic carbocycles. The minimum atomic E-state index is -0.371. The van der Waals surface area contributed by atoms with E-state index in [1.807, 2.05) is 6.92 Å². The van der Waals surface area contributed by atoms with E-state index < -0.39 is 0 Å². The molecule has 5 heteroatoms. The van der Waals surface area contributed by atoms with Gasteiger partial charge in [0.1, 0.15) is 23.9 Å². The van der Waals surface area contributed by atoms with Crippen LogP contribution in [0, 0.1) is 5.82 Å². The molecule has 23 heavy (non-hydrogen) atoms. The number of halogens is 1. The van der Waals surface area contributed by atoms with Crippen LogP contribution >= 0.6 is 0 Å². The summed E-state index contributed by atoms with van der Waals surface area (Å²) in [6, 6.07) is 13.3. The summed E-state index contributed by atoms with van der Waals surface area (Å²) in [6.45, 7) is 2.16. The molecule has 1 N–H and O–H groups in total. The first-order valence-corrected chi connectivity index (χ1v) is 7.38. The summed E-state index contributed by atoms with van der Waals surface area (Å²) >= 11 is 0. The molecule has 0 radical (unpaired) electrons. The van der Waals surface area contributed by atoms with Crippen molar-refractivity contribution in [1.29, 1.82) is 0 Å². The van der Waals surface area contributed by atoms with E-state index in [0.29, 0.717) is 17.9 Å². The Kier molecular flexibility index (Phi) is 5.97. The number of benzene rings is 2. The van der Waals surface area contributed by atoms with Gasteiger partial charge in [0, 0.05) is 0 Å². The van der Waals surface area contributed by atoms with Gasteiger partial charge in [-0.1, -0.05) is 18.2 Å². The van der Waals surface area contributed by atoms with Crippen LogP contribution in [0.15, 0.2) is 48.5 Å². The monoisotopic (exact) mass is 317 g/mol. The van der Waals surface area contributed by atoms with Crippen molar-refractivity contribution in [3.8, 4) is 11.5 Å². The SMILES string of the molecule is COc1ccc(OC[C@@H](C)NC(=O)Cc2ccccc2F)cc1. The van der Waals surface area contributed by atoms with Crippen LogP contribution in [0.3, 0.4) is 0 Å². The third-order valence-electron chi connectivity index (χ3n) is 3.28. The van der Waals surface area contributed by atoms with Crippen LogP contribution in [0.4, 0.5) is 4.39 Å². The van der Waals surface area contributed by atoms with Gasteiger partial charge >= 0.3 is 0 Å². The molecule has 2 rings (SSSR count). The van der Waals surface area contributed by atoms with Gasteiger partial charge in [0.05, 0.1) is 19.6 Å². The lowest BCUT2D eigenvalue weighted by Gasteiger charge is -2.15. The molecule has 2 aromatic carbocycles. The largest absolute Gasteiger partial charge is 0.497 e. The summed E-state index contributed by atoms with van der Waals surface area (Å²) < 4.78 is 24.2. The second-order valence-electron chi connectivity index (χ2n) is 5.22. The molecule has 0 saturated carbocycles. The number of amides is 1. The zero-order valence-electron chi connectivity index (χ0n) is 13.2. The average molecular weight is 317 g/mol. The van der Waals surface area contributed by atoms with Gasteiger partial charge in [0.15, 0.2) is 0 Å². The summed E-state index contributed by atoms with van der Waals surface area (Å²) in [4.78, 5) is 11.9. The summed E-state index contributed by atoms with van der Waals surface area (Å²) in [5.74, 6) is 0.843. The number of rotatable bonds is 7. The van der Waals surface area contributed by atoms with Crippen LogP contribution in [0.25, 0.3) is 0 Å². The molecule has 4 nitrogen and oxygen atoms in total. The maximum atomic E-state index is 13.5. The molecule has 1 atom stereocenters. The molecule has 122 valence electrons. The Hall–Kier alpha value is -2.56. The molecule has 2 aromatic rings. The molecule has 0 saturated heterocycles. The quantitative estimate of drug-likeness (QED) is 0.854. The number of carbonyl (C=O) groups excluding carboxylic acids is 1. The Bertz CT molecular complexity index is 643. The van der Waals surface area contributed by atoms with Crippen molar-refractivity contribution in [2.75, 3.05) is 13.7 Å². The van der Waals surface area contributed by atoms with Crippen molar-refractivity contribution in [3.63, 3.8) is 0 Å². The highest BCUT2D eigenvalue weighted by Crippen LogP contribution is 2.17. The highest BCUT2D eigenvalue weighted by atomic mass is 19.1. The Morgan fingerprint density at radius 1 is 1.13 bits per heavy atom. The molecule has 0 spiro atoms. The maximum Gasteiger partial charge on any atom is 0.224 e. The summed E-state index contributed by atoms with van der Waals surface area (Å²) in [5, 5.41) is 2.79. The highest BCUT2D eigenvalue weighted by molar-refractivity contribution is 5.78. The predicted molar refractivity (Wildman–Crippen MR) is 86.2 cm³/mol. The molecule has 0 unspecified atom stereocenters. The average Bonchev–Trinajstić information content (AvgIpc) is 2.55. The van der Waals surface area contributed by atoms with Crippen molar-refractivity contribution in [2.24, 2.45) is 0 Å².